The number of hydrogen-bond acceptors (Lipinski definition) is 2. The number of unbranched alkanes of at least 4 members (excludes halogenated alkanes) is 2. The van der Waals surface area contributed by atoms with E-state index in [4.69, 9.17) is 10.1 Å². The smallest absolute Gasteiger partial charge is 0.264 e. The van der Waals surface area contributed by atoms with Crippen molar-refractivity contribution in [2.75, 3.05) is 6.61 Å². The van der Waals surface area contributed by atoms with Crippen molar-refractivity contribution in [3.05, 3.63) is 159 Å². The van der Waals surface area contributed by atoms with Gasteiger partial charge in [0.15, 0.2) is 76.4 Å². The molecule has 1 heterocycles. The Morgan fingerprint density at radius 3 is 1.02 bits per heavy atom. The minimum atomic E-state index is -7.22. The van der Waals surface area contributed by atoms with Crippen molar-refractivity contribution in [1.82, 2.24) is 0 Å². The summed E-state index contributed by atoms with van der Waals surface area (Å²) in [5, 5.41) is 9.59. The number of halogens is 20. The molecule has 0 aliphatic heterocycles. The number of hydrogen-bond donors (Lipinski definition) is 0. The molecule has 3 nitrogen and oxygen atoms in total. The van der Waals surface area contributed by atoms with Gasteiger partial charge in [-0.1, -0.05) is 12.1 Å². The van der Waals surface area contributed by atoms with Gasteiger partial charge in [-0.2, -0.15) is 5.26 Å². The van der Waals surface area contributed by atoms with Gasteiger partial charge in [0.25, 0.3) is 5.52 Å². The average Bonchev–Trinajstić information content (AvgIpc) is 3.26. The number of para-hydroxylation sites is 1. The van der Waals surface area contributed by atoms with Crippen molar-refractivity contribution >= 4 is 38.9 Å². The van der Waals surface area contributed by atoms with Crippen molar-refractivity contribution in [2.24, 2.45) is 0 Å². The molecule has 0 fully saturated rings. The minimum Gasteiger partial charge on any atom is -0.271 e. The van der Waals surface area contributed by atoms with Crippen LogP contribution in [0.2, 0.25) is 0 Å². The van der Waals surface area contributed by atoms with Crippen LogP contribution in [0.3, 0.4) is 0 Å². The van der Waals surface area contributed by atoms with Crippen LogP contribution >= 0.6 is 0 Å². The van der Waals surface area contributed by atoms with E-state index < -0.39 is 144 Å². The predicted molar refractivity (Wildman–Crippen MR) is 174 cm³/mol. The fraction of sp³-hybridized carbons (Fsp3) is 0.105. The lowest BCUT2D eigenvalue weighted by atomic mass is 9.12. The molecule has 326 valence electrons. The highest BCUT2D eigenvalue weighted by Gasteiger charge is 2.52. The summed E-state index contributed by atoms with van der Waals surface area (Å²) >= 11 is 0. The number of benzene rings is 5. The standard InChI is InChI=1S/C24BF20.C14H15N2O/c26-5-1(6(27)14(35)21(42)13(5)34)25(2-7(28)15(36)22(43)16(37)8(2)29,3-9(30)17(38)23(44)18(39)10(3)31)4-11(32)19(40)24(45)20(41)12(4)33;15-10-4-1-5-12-17-16-11-6-8-13-7-2-3-9-14(13)16/h;2-3,6-9,11H,1,4-5,12H2/q-1;+1. The Bertz CT molecular complexity index is 2430. The van der Waals surface area contributed by atoms with Gasteiger partial charge in [0.1, 0.15) is 52.7 Å². The summed E-state index contributed by atoms with van der Waals surface area (Å²) in [6, 6.07) is 14.3. The normalized spacial score (nSPS) is 11.5. The summed E-state index contributed by atoms with van der Waals surface area (Å²) in [7, 11) is 0. The Hall–Kier alpha value is -6.54. The van der Waals surface area contributed by atoms with Crippen LogP contribution in [0.5, 0.6) is 0 Å². The van der Waals surface area contributed by atoms with Crippen LogP contribution in [0.1, 0.15) is 19.3 Å². The molecule has 0 bridgehead atoms. The van der Waals surface area contributed by atoms with Crippen molar-refractivity contribution < 1.29 is 97.4 Å². The second kappa shape index (κ2) is 17.8. The molecule has 0 aliphatic carbocycles. The summed E-state index contributed by atoms with van der Waals surface area (Å²) in [5.41, 5.74) is -13.3. The van der Waals surface area contributed by atoms with E-state index in [1.807, 2.05) is 30.5 Å². The van der Waals surface area contributed by atoms with E-state index >= 15 is 35.1 Å². The number of aromatic nitrogens is 1. The van der Waals surface area contributed by atoms with Gasteiger partial charge in [0.05, 0.1) is 11.5 Å². The van der Waals surface area contributed by atoms with E-state index in [0.717, 1.165) is 23.7 Å². The van der Waals surface area contributed by atoms with E-state index in [0.29, 0.717) is 13.0 Å². The first-order chi connectivity index (χ1) is 29.1. The summed E-state index contributed by atoms with van der Waals surface area (Å²) in [6.45, 7) is 0.639. The van der Waals surface area contributed by atoms with Gasteiger partial charge in [-0.25, -0.2) is 87.8 Å². The summed E-state index contributed by atoms with van der Waals surface area (Å²) in [6.07, 6.45) is -2.91. The van der Waals surface area contributed by atoms with Crippen LogP contribution in [0, 0.1) is 128 Å². The maximum Gasteiger partial charge on any atom is 0.264 e. The lowest BCUT2D eigenvalue weighted by Crippen LogP contribution is -2.81. The van der Waals surface area contributed by atoms with Crippen LogP contribution < -0.4 is 31.4 Å². The van der Waals surface area contributed by atoms with Crippen LogP contribution in [0.25, 0.3) is 10.9 Å². The Balaban J connectivity index is 0.000000355. The van der Waals surface area contributed by atoms with E-state index in [2.05, 4.69) is 18.2 Å². The van der Waals surface area contributed by atoms with Crippen molar-refractivity contribution in [3.8, 4) is 6.07 Å². The Morgan fingerprint density at radius 2 is 0.694 bits per heavy atom. The van der Waals surface area contributed by atoms with Gasteiger partial charge in [-0.05, 0) is 25.0 Å². The monoisotopic (exact) mass is 906 g/mol. The van der Waals surface area contributed by atoms with Gasteiger partial charge >= 0.3 is 0 Å². The molecule has 5 aromatic carbocycles. The average molecular weight is 906 g/mol. The predicted octanol–water partition coefficient (Wildman–Crippen LogP) is 8.10. The number of pyridine rings is 1. The number of nitrogens with zero attached hydrogens (tertiary/aromatic N) is 2. The molecule has 0 saturated heterocycles. The number of nitriles is 1. The van der Waals surface area contributed by atoms with Crippen LogP contribution in [-0.2, 0) is 0 Å². The first kappa shape index (κ1) is 46.5. The minimum absolute atomic E-state index is 0.601. The quantitative estimate of drug-likeness (QED) is 0.0368. The molecule has 0 aliphatic rings. The zero-order valence-corrected chi connectivity index (χ0v) is 29.8. The molecule has 0 unspecified atom stereocenters. The van der Waals surface area contributed by atoms with E-state index in [9.17, 15) is 52.7 Å². The van der Waals surface area contributed by atoms with Gasteiger partial charge in [0.2, 0.25) is 6.20 Å². The second-order valence-corrected chi connectivity index (χ2v) is 12.6. The molecular weight excluding hydrogens is 891 g/mol. The molecule has 0 N–H and O–H groups in total. The second-order valence-electron chi connectivity index (χ2n) is 12.6. The van der Waals surface area contributed by atoms with Gasteiger partial charge < -0.3 is 0 Å². The van der Waals surface area contributed by atoms with Gasteiger partial charge in [-0.15, -0.1) is 21.9 Å². The van der Waals surface area contributed by atoms with Crippen LogP contribution in [0.15, 0.2) is 42.6 Å². The highest BCUT2D eigenvalue weighted by Crippen LogP contribution is 2.30. The largest absolute Gasteiger partial charge is 0.271 e. The highest BCUT2D eigenvalue weighted by atomic mass is 19.2. The van der Waals surface area contributed by atoms with E-state index in [1.54, 1.807) is 4.73 Å². The molecular formula is C38H15BF20N2O. The first-order valence-corrected chi connectivity index (χ1v) is 16.7. The lowest BCUT2D eigenvalue weighted by Gasteiger charge is -2.44. The zero-order chi connectivity index (χ0) is 46.3. The SMILES string of the molecule is Fc1c(F)c(F)c([B-](c2c(F)c(F)c(F)c(F)c2F)(c2c(F)c(F)c(F)c(F)c2F)c2c(F)c(F)c(F)c(F)c2F)c(F)c1F.N#CCCCCO[n+]1cccc2ccccc21. The molecule has 0 amide bonds. The summed E-state index contributed by atoms with van der Waals surface area (Å²) in [5.74, 6) is -71.4. The third-order valence-electron chi connectivity index (χ3n) is 9.29. The molecule has 62 heavy (non-hydrogen) atoms. The zero-order valence-electron chi connectivity index (χ0n) is 29.8. The number of rotatable bonds is 9. The maximum atomic E-state index is 15.4. The molecule has 6 rings (SSSR count). The third-order valence-corrected chi connectivity index (χ3v) is 9.29. The van der Waals surface area contributed by atoms with Crippen molar-refractivity contribution in [1.29, 1.82) is 5.26 Å². The molecule has 1 aromatic heterocycles. The highest BCUT2D eigenvalue weighted by molar-refractivity contribution is 7.20. The number of fused-ring (bicyclic) bond motifs is 1. The van der Waals surface area contributed by atoms with Crippen molar-refractivity contribution in [2.45, 2.75) is 19.3 Å². The third kappa shape index (κ3) is 7.35. The Labute approximate surface area is 332 Å². The molecule has 0 radical (unpaired) electrons. The molecule has 0 spiro atoms. The Kier molecular flexibility index (Phi) is 13.4. The molecule has 0 atom stereocenters. The Morgan fingerprint density at radius 1 is 0.403 bits per heavy atom. The fourth-order valence-electron chi connectivity index (χ4n) is 6.59. The summed E-state index contributed by atoms with van der Waals surface area (Å²) in [4.78, 5) is 5.67. The maximum absolute atomic E-state index is 15.4. The molecule has 6 aromatic rings. The van der Waals surface area contributed by atoms with Gasteiger partial charge in [-0.3, -0.25) is 4.84 Å². The molecule has 24 heteroatoms. The topological polar surface area (TPSA) is 36.9 Å². The molecule has 0 saturated carbocycles. The van der Waals surface area contributed by atoms with Gasteiger partial charge in [0, 0.05) is 23.3 Å². The van der Waals surface area contributed by atoms with Crippen LogP contribution in [-0.4, -0.2) is 12.8 Å². The van der Waals surface area contributed by atoms with Crippen LogP contribution in [0.4, 0.5) is 87.8 Å². The van der Waals surface area contributed by atoms with E-state index in [-0.39, 0.29) is 0 Å². The van der Waals surface area contributed by atoms with Crippen molar-refractivity contribution in [3.63, 3.8) is 0 Å². The fourth-order valence-corrected chi connectivity index (χ4v) is 6.59. The van der Waals surface area contributed by atoms with E-state index in [1.165, 1.54) is 0 Å². The first-order valence-electron chi connectivity index (χ1n) is 16.7. The lowest BCUT2D eigenvalue weighted by molar-refractivity contribution is -0.871. The summed E-state index contributed by atoms with van der Waals surface area (Å²) < 4.78 is 296.